The molecule has 1 aromatic heterocycles. The third kappa shape index (κ3) is 4.74. The van der Waals surface area contributed by atoms with Crippen LogP contribution in [0, 0.1) is 13.8 Å². The van der Waals surface area contributed by atoms with Gasteiger partial charge in [0.05, 0.1) is 10.6 Å². The quantitative estimate of drug-likeness (QED) is 0.607. The molecule has 0 spiro atoms. The summed E-state index contributed by atoms with van der Waals surface area (Å²) in [6.45, 7) is 5.16. The van der Waals surface area contributed by atoms with Crippen LogP contribution < -0.4 is 5.32 Å². The van der Waals surface area contributed by atoms with Crippen molar-refractivity contribution >= 4 is 21.7 Å². The molecule has 1 fully saturated rings. The molecule has 6 nitrogen and oxygen atoms in total. The molecule has 0 saturated carbocycles. The van der Waals surface area contributed by atoms with Crippen molar-refractivity contribution in [1.82, 2.24) is 9.29 Å². The van der Waals surface area contributed by atoms with E-state index in [-0.39, 0.29) is 10.8 Å². The number of amides is 1. The zero-order chi connectivity index (χ0) is 22.7. The Hall–Kier alpha value is -3.03. The summed E-state index contributed by atoms with van der Waals surface area (Å²) in [5.41, 5.74) is 4.43. The van der Waals surface area contributed by atoms with Crippen molar-refractivity contribution < 1.29 is 13.2 Å². The van der Waals surface area contributed by atoms with Crippen LogP contribution in [-0.2, 0) is 10.0 Å². The van der Waals surface area contributed by atoms with Gasteiger partial charge in [0.2, 0.25) is 10.0 Å². The SMILES string of the molecule is Cc1ccc(C)c(-c2cccc(NC(=O)c3ccc(S(=O)(=O)N4CCCCC4)cc3)n2)c1. The molecule has 1 saturated heterocycles. The fourth-order valence-electron chi connectivity index (χ4n) is 3.89. The Balaban J connectivity index is 1.50. The van der Waals surface area contributed by atoms with Gasteiger partial charge in [0.1, 0.15) is 5.82 Å². The third-order valence-corrected chi connectivity index (χ3v) is 7.64. The van der Waals surface area contributed by atoms with Gasteiger partial charge in [0.25, 0.3) is 5.91 Å². The van der Waals surface area contributed by atoms with E-state index >= 15 is 0 Å². The molecule has 32 heavy (non-hydrogen) atoms. The van der Waals surface area contributed by atoms with Crippen LogP contribution in [0.25, 0.3) is 11.3 Å². The molecule has 0 atom stereocenters. The Morgan fingerprint density at radius 3 is 2.38 bits per heavy atom. The van der Waals surface area contributed by atoms with Gasteiger partial charge >= 0.3 is 0 Å². The van der Waals surface area contributed by atoms with Gasteiger partial charge < -0.3 is 5.32 Å². The van der Waals surface area contributed by atoms with E-state index in [0.717, 1.165) is 41.6 Å². The van der Waals surface area contributed by atoms with E-state index in [1.165, 1.54) is 16.4 Å². The van der Waals surface area contributed by atoms with Crippen LogP contribution in [0.3, 0.4) is 0 Å². The highest BCUT2D eigenvalue weighted by atomic mass is 32.2. The van der Waals surface area contributed by atoms with Gasteiger partial charge in [-0.15, -0.1) is 0 Å². The number of carbonyl (C=O) groups is 1. The smallest absolute Gasteiger partial charge is 0.256 e. The van der Waals surface area contributed by atoms with Crippen molar-refractivity contribution in [2.45, 2.75) is 38.0 Å². The lowest BCUT2D eigenvalue weighted by atomic mass is 10.0. The number of hydrogen-bond acceptors (Lipinski definition) is 4. The second-order valence-electron chi connectivity index (χ2n) is 8.17. The zero-order valence-electron chi connectivity index (χ0n) is 18.3. The number of rotatable bonds is 5. The summed E-state index contributed by atoms with van der Waals surface area (Å²) in [5.74, 6) is 0.107. The molecule has 0 unspecified atom stereocenters. The van der Waals surface area contributed by atoms with E-state index in [2.05, 4.69) is 28.5 Å². The predicted molar refractivity (Wildman–Crippen MR) is 126 cm³/mol. The standard InChI is InChI=1S/C25H27N3O3S/c1-18-9-10-19(2)22(17-18)23-7-6-8-24(26-23)27-25(29)20-11-13-21(14-12-20)32(30,31)28-15-4-3-5-16-28/h6-14,17H,3-5,15-16H2,1-2H3,(H,26,27,29). The van der Waals surface area contributed by atoms with Crippen molar-refractivity contribution in [3.63, 3.8) is 0 Å². The van der Waals surface area contributed by atoms with Gasteiger partial charge in [-0.25, -0.2) is 13.4 Å². The molecule has 2 heterocycles. The van der Waals surface area contributed by atoms with Gasteiger partial charge in [-0.05, 0) is 74.7 Å². The highest BCUT2D eigenvalue weighted by Gasteiger charge is 2.26. The zero-order valence-corrected chi connectivity index (χ0v) is 19.2. The van der Waals surface area contributed by atoms with Gasteiger partial charge in [0.15, 0.2) is 0 Å². The second kappa shape index (κ2) is 9.22. The number of benzene rings is 2. The monoisotopic (exact) mass is 449 g/mol. The molecular weight excluding hydrogens is 422 g/mol. The first-order chi connectivity index (χ1) is 15.3. The maximum absolute atomic E-state index is 12.8. The minimum Gasteiger partial charge on any atom is -0.307 e. The molecule has 1 aliphatic rings. The highest BCUT2D eigenvalue weighted by Crippen LogP contribution is 2.25. The van der Waals surface area contributed by atoms with E-state index in [0.29, 0.717) is 24.5 Å². The molecular formula is C25H27N3O3S. The van der Waals surface area contributed by atoms with E-state index in [1.807, 2.05) is 26.0 Å². The number of carbonyl (C=O) groups excluding carboxylic acids is 1. The summed E-state index contributed by atoms with van der Waals surface area (Å²) < 4.78 is 27.1. The number of aromatic nitrogens is 1. The van der Waals surface area contributed by atoms with Crippen LogP contribution in [0.15, 0.2) is 65.6 Å². The lowest BCUT2D eigenvalue weighted by Gasteiger charge is -2.25. The summed E-state index contributed by atoms with van der Waals surface area (Å²) in [4.78, 5) is 17.5. The molecule has 4 rings (SSSR count). The maximum atomic E-state index is 12.8. The number of nitrogens with zero attached hydrogens (tertiary/aromatic N) is 2. The summed E-state index contributed by atoms with van der Waals surface area (Å²) in [6.07, 6.45) is 2.82. The second-order valence-corrected chi connectivity index (χ2v) is 10.1. The molecule has 1 N–H and O–H groups in total. The van der Waals surface area contributed by atoms with Crippen molar-refractivity contribution in [2.75, 3.05) is 18.4 Å². The van der Waals surface area contributed by atoms with Crippen LogP contribution in [0.2, 0.25) is 0 Å². The number of piperidine rings is 1. The molecule has 166 valence electrons. The minimum absolute atomic E-state index is 0.214. The average molecular weight is 450 g/mol. The number of hydrogen-bond donors (Lipinski definition) is 1. The van der Waals surface area contributed by atoms with Gasteiger partial charge in [-0.2, -0.15) is 4.31 Å². The summed E-state index contributed by atoms with van der Waals surface area (Å²) in [6, 6.07) is 17.8. The van der Waals surface area contributed by atoms with E-state index < -0.39 is 10.0 Å². The Labute approximate surface area is 189 Å². The number of sulfonamides is 1. The first kappa shape index (κ1) is 22.2. The van der Waals surface area contributed by atoms with Crippen LogP contribution in [0.4, 0.5) is 5.82 Å². The van der Waals surface area contributed by atoms with Crippen molar-refractivity contribution in [3.05, 3.63) is 77.4 Å². The lowest BCUT2D eigenvalue weighted by Crippen LogP contribution is -2.35. The fourth-order valence-corrected chi connectivity index (χ4v) is 5.40. The molecule has 0 aliphatic carbocycles. The van der Waals surface area contributed by atoms with Gasteiger partial charge in [0, 0.05) is 24.2 Å². The van der Waals surface area contributed by atoms with Crippen LogP contribution in [-0.4, -0.2) is 36.7 Å². The van der Waals surface area contributed by atoms with Crippen LogP contribution >= 0.6 is 0 Å². The molecule has 0 bridgehead atoms. The van der Waals surface area contributed by atoms with Crippen LogP contribution in [0.1, 0.15) is 40.7 Å². The minimum atomic E-state index is -3.52. The van der Waals surface area contributed by atoms with Gasteiger partial charge in [-0.1, -0.05) is 30.2 Å². The summed E-state index contributed by atoms with van der Waals surface area (Å²) in [5, 5.41) is 2.81. The Bertz CT molecular complexity index is 1230. The predicted octanol–water partition coefficient (Wildman–Crippen LogP) is 4.79. The Morgan fingerprint density at radius 1 is 0.938 bits per heavy atom. The number of pyridine rings is 1. The Kier molecular flexibility index (Phi) is 6.39. The molecule has 2 aromatic carbocycles. The topological polar surface area (TPSA) is 79.4 Å². The molecule has 3 aromatic rings. The average Bonchev–Trinajstić information content (AvgIpc) is 2.81. The lowest BCUT2D eigenvalue weighted by molar-refractivity contribution is 0.102. The summed E-state index contributed by atoms with van der Waals surface area (Å²) >= 11 is 0. The number of aryl methyl sites for hydroxylation is 2. The third-order valence-electron chi connectivity index (χ3n) is 5.73. The van der Waals surface area contributed by atoms with E-state index in [9.17, 15) is 13.2 Å². The molecule has 0 radical (unpaired) electrons. The summed E-state index contributed by atoms with van der Waals surface area (Å²) in [7, 11) is -3.52. The number of nitrogens with one attached hydrogen (secondary N) is 1. The molecule has 1 aliphatic heterocycles. The maximum Gasteiger partial charge on any atom is 0.256 e. The van der Waals surface area contributed by atoms with Crippen molar-refractivity contribution in [1.29, 1.82) is 0 Å². The highest BCUT2D eigenvalue weighted by molar-refractivity contribution is 7.89. The van der Waals surface area contributed by atoms with Crippen molar-refractivity contribution in [2.24, 2.45) is 0 Å². The Morgan fingerprint density at radius 2 is 1.66 bits per heavy atom. The first-order valence-corrected chi connectivity index (χ1v) is 12.2. The van der Waals surface area contributed by atoms with Crippen LogP contribution in [0.5, 0.6) is 0 Å². The fraction of sp³-hybridized carbons (Fsp3) is 0.280. The van der Waals surface area contributed by atoms with Crippen molar-refractivity contribution in [3.8, 4) is 11.3 Å². The number of anilines is 1. The largest absolute Gasteiger partial charge is 0.307 e. The molecule has 1 amide bonds. The normalized spacial score (nSPS) is 14.8. The van der Waals surface area contributed by atoms with E-state index in [1.54, 1.807) is 18.2 Å². The molecule has 7 heteroatoms. The first-order valence-electron chi connectivity index (χ1n) is 10.8. The van der Waals surface area contributed by atoms with E-state index in [4.69, 9.17) is 0 Å². The van der Waals surface area contributed by atoms with Gasteiger partial charge in [-0.3, -0.25) is 4.79 Å².